The molecule has 2 aliphatic rings. The molecular weight excluding hydrogens is 528 g/mol. The van der Waals surface area contributed by atoms with Crippen LogP contribution in [0.15, 0.2) is 35.5 Å². The fourth-order valence-electron chi connectivity index (χ4n) is 5.20. The topological polar surface area (TPSA) is 145 Å². The number of fused-ring (bicyclic) bond motifs is 1. The summed E-state index contributed by atoms with van der Waals surface area (Å²) in [5.41, 5.74) is 2.02. The standard InChI is InChI=1S/C27H32N10O4/c1-4-20-23(34-9-11-35(12-10-34)25(39)18-14-29-33(2)15-18)26(40)37-27(36(20)16-21(38)30-19-5-6-19)31-24(32-37)17-7-8-28-22(13-17)41-3/h7-8,13-15,19H,4-6,9-12,16H2,1-3H3,(H,30,38). The molecule has 4 aromatic rings. The Morgan fingerprint density at radius 1 is 1.17 bits per heavy atom. The van der Waals surface area contributed by atoms with Gasteiger partial charge in [0.05, 0.1) is 24.6 Å². The number of hydrogen-bond donors (Lipinski definition) is 1. The average molecular weight is 561 g/mol. The van der Waals surface area contributed by atoms with Crippen molar-refractivity contribution in [1.29, 1.82) is 0 Å². The van der Waals surface area contributed by atoms with Crippen LogP contribution in [0.1, 0.15) is 35.8 Å². The highest BCUT2D eigenvalue weighted by Crippen LogP contribution is 2.25. The third-order valence-electron chi connectivity index (χ3n) is 7.44. The molecule has 0 unspecified atom stereocenters. The molecule has 1 aliphatic carbocycles. The summed E-state index contributed by atoms with van der Waals surface area (Å²) in [5.74, 6) is 0.782. The van der Waals surface area contributed by atoms with E-state index in [9.17, 15) is 14.4 Å². The number of methoxy groups -OCH3 is 1. The third kappa shape index (κ3) is 5.12. The molecule has 14 nitrogen and oxygen atoms in total. The van der Waals surface area contributed by atoms with Crippen molar-refractivity contribution in [2.45, 2.75) is 38.8 Å². The molecular formula is C27H32N10O4. The molecule has 14 heteroatoms. The summed E-state index contributed by atoms with van der Waals surface area (Å²) in [6.45, 7) is 3.76. The number of piperazine rings is 1. The van der Waals surface area contributed by atoms with Crippen molar-refractivity contribution in [3.63, 3.8) is 0 Å². The lowest BCUT2D eigenvalue weighted by atomic mass is 10.2. The summed E-state index contributed by atoms with van der Waals surface area (Å²) in [4.78, 5) is 52.6. The van der Waals surface area contributed by atoms with Gasteiger partial charge >= 0.3 is 0 Å². The van der Waals surface area contributed by atoms with Gasteiger partial charge in [-0.05, 0) is 25.3 Å². The molecule has 1 saturated heterocycles. The van der Waals surface area contributed by atoms with Crippen molar-refractivity contribution in [3.8, 4) is 17.3 Å². The van der Waals surface area contributed by atoms with Crippen LogP contribution in [0.25, 0.3) is 17.2 Å². The number of hydrogen-bond acceptors (Lipinski definition) is 9. The van der Waals surface area contributed by atoms with E-state index in [0.717, 1.165) is 12.8 Å². The molecule has 214 valence electrons. The second kappa shape index (κ2) is 10.7. The maximum absolute atomic E-state index is 14.0. The molecule has 0 atom stereocenters. The van der Waals surface area contributed by atoms with Crippen LogP contribution in [0.3, 0.4) is 0 Å². The number of nitrogens with one attached hydrogen (secondary N) is 1. The Morgan fingerprint density at radius 2 is 1.95 bits per heavy atom. The van der Waals surface area contributed by atoms with Gasteiger partial charge in [-0.15, -0.1) is 5.10 Å². The number of carbonyl (C=O) groups excluding carboxylic acids is 2. The Bertz CT molecular complexity index is 1680. The van der Waals surface area contributed by atoms with Crippen molar-refractivity contribution >= 4 is 23.3 Å². The summed E-state index contributed by atoms with van der Waals surface area (Å²) in [7, 11) is 3.29. The van der Waals surface area contributed by atoms with E-state index in [0.29, 0.717) is 66.8 Å². The molecule has 5 heterocycles. The van der Waals surface area contributed by atoms with Crippen LogP contribution in [-0.2, 0) is 24.8 Å². The van der Waals surface area contributed by atoms with Gasteiger partial charge < -0.3 is 24.4 Å². The van der Waals surface area contributed by atoms with Crippen molar-refractivity contribution < 1.29 is 14.3 Å². The first kappa shape index (κ1) is 26.5. The monoisotopic (exact) mass is 560 g/mol. The van der Waals surface area contributed by atoms with E-state index >= 15 is 0 Å². The number of rotatable bonds is 8. The summed E-state index contributed by atoms with van der Waals surface area (Å²) in [6.07, 6.45) is 7.28. The van der Waals surface area contributed by atoms with Crippen LogP contribution < -0.4 is 20.5 Å². The van der Waals surface area contributed by atoms with Gasteiger partial charge in [-0.25, -0.2) is 4.98 Å². The van der Waals surface area contributed by atoms with Gasteiger partial charge in [0.25, 0.3) is 11.5 Å². The fourth-order valence-corrected chi connectivity index (χ4v) is 5.20. The largest absolute Gasteiger partial charge is 0.481 e. The minimum Gasteiger partial charge on any atom is -0.481 e. The SMILES string of the molecule is CCc1c(N2CCN(C(=O)c3cnn(C)c3)CC2)c(=O)n2nc(-c3ccnc(OC)c3)nc2n1CC(=O)NC1CC1. The van der Waals surface area contributed by atoms with Crippen LogP contribution in [0.2, 0.25) is 0 Å². The van der Waals surface area contributed by atoms with Crippen LogP contribution in [0, 0.1) is 0 Å². The molecule has 6 rings (SSSR count). The van der Waals surface area contributed by atoms with Crippen molar-refractivity contribution in [3.05, 3.63) is 52.3 Å². The van der Waals surface area contributed by atoms with E-state index in [4.69, 9.17) is 9.72 Å². The van der Waals surface area contributed by atoms with Gasteiger partial charge in [0.2, 0.25) is 17.6 Å². The number of amides is 2. The number of pyridine rings is 1. The molecule has 2 amide bonds. The van der Waals surface area contributed by atoms with E-state index < -0.39 is 0 Å². The maximum atomic E-state index is 14.0. The van der Waals surface area contributed by atoms with Crippen molar-refractivity contribution in [2.75, 3.05) is 38.2 Å². The zero-order valence-corrected chi connectivity index (χ0v) is 23.3. The van der Waals surface area contributed by atoms with Crippen LogP contribution in [0.5, 0.6) is 5.88 Å². The van der Waals surface area contributed by atoms with Gasteiger partial charge in [-0.1, -0.05) is 6.92 Å². The normalized spacial score (nSPS) is 15.4. The first-order valence-electron chi connectivity index (χ1n) is 13.7. The minimum absolute atomic E-state index is 0.00765. The second-order valence-electron chi connectivity index (χ2n) is 10.3. The second-order valence-corrected chi connectivity index (χ2v) is 10.3. The Balaban J connectivity index is 1.38. The zero-order chi connectivity index (χ0) is 28.7. The molecule has 41 heavy (non-hydrogen) atoms. The summed E-state index contributed by atoms with van der Waals surface area (Å²) < 4.78 is 9.91. The Labute approximate surface area is 235 Å². The lowest BCUT2D eigenvalue weighted by Crippen LogP contribution is -2.51. The number of aryl methyl sites for hydroxylation is 1. The molecule has 0 aromatic carbocycles. The highest BCUT2D eigenvalue weighted by molar-refractivity contribution is 5.94. The van der Waals surface area contributed by atoms with Crippen LogP contribution in [-0.4, -0.2) is 90.0 Å². The predicted octanol–water partition coefficient (Wildman–Crippen LogP) is 0.499. The van der Waals surface area contributed by atoms with Gasteiger partial charge in [-0.3, -0.25) is 19.1 Å². The fraction of sp³-hybridized carbons (Fsp3) is 0.444. The van der Waals surface area contributed by atoms with Crippen LogP contribution in [0.4, 0.5) is 5.69 Å². The Morgan fingerprint density at radius 3 is 2.61 bits per heavy atom. The molecule has 1 N–H and O–H groups in total. The molecule has 1 aliphatic heterocycles. The highest BCUT2D eigenvalue weighted by Gasteiger charge is 2.30. The first-order chi connectivity index (χ1) is 19.9. The van der Waals surface area contributed by atoms with Gasteiger partial charge in [0.1, 0.15) is 12.2 Å². The summed E-state index contributed by atoms with van der Waals surface area (Å²) in [5, 5.41) is 11.7. The molecule has 0 bridgehead atoms. The van der Waals surface area contributed by atoms with Crippen molar-refractivity contribution in [1.82, 2.24) is 44.1 Å². The molecule has 4 aromatic heterocycles. The molecule has 1 saturated carbocycles. The number of aromatic nitrogens is 7. The minimum atomic E-state index is -0.317. The van der Waals surface area contributed by atoms with E-state index in [2.05, 4.69) is 20.5 Å². The number of anilines is 1. The van der Waals surface area contributed by atoms with Gasteiger partial charge in [0, 0.05) is 63.3 Å². The summed E-state index contributed by atoms with van der Waals surface area (Å²) >= 11 is 0. The van der Waals surface area contributed by atoms with Gasteiger partial charge in [0.15, 0.2) is 5.82 Å². The molecule has 2 fully saturated rings. The van der Waals surface area contributed by atoms with Crippen molar-refractivity contribution in [2.24, 2.45) is 7.05 Å². The third-order valence-corrected chi connectivity index (χ3v) is 7.44. The average Bonchev–Trinajstić information content (AvgIpc) is 3.49. The maximum Gasteiger partial charge on any atom is 0.299 e. The van der Waals surface area contributed by atoms with Gasteiger partial charge in [-0.2, -0.15) is 14.6 Å². The lowest BCUT2D eigenvalue weighted by molar-refractivity contribution is -0.121. The quantitative estimate of drug-likeness (QED) is 0.326. The first-order valence-corrected chi connectivity index (χ1v) is 13.7. The van der Waals surface area contributed by atoms with E-state index in [1.807, 2.05) is 11.8 Å². The highest BCUT2D eigenvalue weighted by atomic mass is 16.5. The lowest BCUT2D eigenvalue weighted by Gasteiger charge is -2.36. The summed E-state index contributed by atoms with van der Waals surface area (Å²) in [6, 6.07) is 3.64. The molecule has 0 radical (unpaired) electrons. The smallest absolute Gasteiger partial charge is 0.299 e. The Kier molecular flexibility index (Phi) is 6.89. The Hall–Kier alpha value is -4.75. The number of ether oxygens (including phenoxy) is 1. The number of carbonyl (C=O) groups is 2. The zero-order valence-electron chi connectivity index (χ0n) is 23.3. The van der Waals surface area contributed by atoms with E-state index in [-0.39, 0.29) is 35.7 Å². The van der Waals surface area contributed by atoms with E-state index in [1.165, 1.54) is 11.6 Å². The number of nitrogens with zero attached hydrogens (tertiary/aromatic N) is 9. The van der Waals surface area contributed by atoms with E-state index in [1.54, 1.807) is 51.9 Å². The predicted molar refractivity (Wildman–Crippen MR) is 149 cm³/mol. The van der Waals surface area contributed by atoms with Crippen LogP contribution >= 0.6 is 0 Å². The molecule has 0 spiro atoms.